The van der Waals surface area contributed by atoms with Gasteiger partial charge in [0, 0.05) is 23.7 Å². The van der Waals surface area contributed by atoms with E-state index in [1.54, 1.807) is 0 Å². The summed E-state index contributed by atoms with van der Waals surface area (Å²) in [5, 5.41) is 8.66. The number of rotatable bonds is 3. The van der Waals surface area contributed by atoms with E-state index in [1.165, 1.54) is 44.6 Å². The Hall–Kier alpha value is -1.37. The third kappa shape index (κ3) is 4.84. The second-order valence-electron chi connectivity index (χ2n) is 5.83. The molecule has 1 fully saturated rings. The van der Waals surface area contributed by atoms with Crippen LogP contribution in [0.15, 0.2) is 18.2 Å². The summed E-state index contributed by atoms with van der Waals surface area (Å²) < 4.78 is 14.1. The van der Waals surface area contributed by atoms with E-state index in [2.05, 4.69) is 23.8 Å². The molecule has 114 valence electrons. The van der Waals surface area contributed by atoms with E-state index in [9.17, 15) is 4.39 Å². The zero-order valence-corrected chi connectivity index (χ0v) is 12.7. The Bertz CT molecular complexity index is 510. The minimum absolute atomic E-state index is 0.201. The lowest BCUT2D eigenvalue weighted by atomic mass is 10.1. The molecule has 1 saturated carbocycles. The molecule has 1 N–H and O–H groups in total. The molecule has 1 aliphatic rings. The van der Waals surface area contributed by atoms with Crippen LogP contribution in [-0.4, -0.2) is 29.7 Å². The van der Waals surface area contributed by atoms with Crippen molar-refractivity contribution in [1.82, 2.24) is 4.90 Å². The summed E-state index contributed by atoms with van der Waals surface area (Å²) in [6.07, 6.45) is 7.67. The maximum Gasteiger partial charge on any atom is 0.128 e. The molecule has 0 aliphatic heterocycles. The van der Waals surface area contributed by atoms with Gasteiger partial charge in [-0.1, -0.05) is 43.6 Å². The van der Waals surface area contributed by atoms with Crippen LogP contribution in [0, 0.1) is 17.7 Å². The molecule has 3 heteroatoms. The van der Waals surface area contributed by atoms with Crippen LogP contribution < -0.4 is 0 Å². The topological polar surface area (TPSA) is 23.5 Å². The van der Waals surface area contributed by atoms with Crippen LogP contribution in [-0.2, 0) is 6.54 Å². The van der Waals surface area contributed by atoms with Crippen molar-refractivity contribution in [3.05, 3.63) is 35.1 Å². The first-order valence-electron chi connectivity index (χ1n) is 7.79. The summed E-state index contributed by atoms with van der Waals surface area (Å²) in [6, 6.07) is 5.66. The highest BCUT2D eigenvalue weighted by molar-refractivity contribution is 5.37. The van der Waals surface area contributed by atoms with Crippen molar-refractivity contribution in [2.45, 2.75) is 51.1 Å². The van der Waals surface area contributed by atoms with Gasteiger partial charge in [0.2, 0.25) is 0 Å². The fourth-order valence-corrected chi connectivity index (χ4v) is 2.99. The third-order valence-corrected chi connectivity index (χ3v) is 4.23. The van der Waals surface area contributed by atoms with Crippen molar-refractivity contribution in [1.29, 1.82) is 0 Å². The number of nitrogens with zero attached hydrogens (tertiary/aromatic N) is 1. The van der Waals surface area contributed by atoms with Crippen molar-refractivity contribution in [3.8, 4) is 11.8 Å². The van der Waals surface area contributed by atoms with E-state index in [0.29, 0.717) is 18.2 Å². The fourth-order valence-electron chi connectivity index (χ4n) is 2.99. The van der Waals surface area contributed by atoms with Gasteiger partial charge in [-0.25, -0.2) is 4.39 Å². The average molecular weight is 289 g/mol. The van der Waals surface area contributed by atoms with Gasteiger partial charge in [0.1, 0.15) is 12.4 Å². The lowest BCUT2D eigenvalue weighted by molar-refractivity contribution is 0.210. The second-order valence-corrected chi connectivity index (χ2v) is 5.83. The van der Waals surface area contributed by atoms with Crippen LogP contribution in [0.5, 0.6) is 0 Å². The van der Waals surface area contributed by atoms with Crippen molar-refractivity contribution >= 4 is 0 Å². The van der Waals surface area contributed by atoms with Gasteiger partial charge in [0.25, 0.3) is 0 Å². The Morgan fingerprint density at radius 2 is 1.95 bits per heavy atom. The number of aliphatic hydroxyl groups excluding tert-OH is 1. The average Bonchev–Trinajstić information content (AvgIpc) is 2.76. The number of benzene rings is 1. The maximum atomic E-state index is 14.1. The number of aliphatic hydroxyl groups is 1. The zero-order valence-electron chi connectivity index (χ0n) is 12.7. The summed E-state index contributed by atoms with van der Waals surface area (Å²) >= 11 is 0. The molecular weight excluding hydrogens is 265 g/mol. The summed E-state index contributed by atoms with van der Waals surface area (Å²) in [6.45, 7) is 0.442. The monoisotopic (exact) mass is 289 g/mol. The number of hydrogen-bond donors (Lipinski definition) is 1. The number of hydrogen-bond acceptors (Lipinski definition) is 2. The Kier molecular flexibility index (Phi) is 6.22. The van der Waals surface area contributed by atoms with Crippen LogP contribution in [0.25, 0.3) is 0 Å². The highest BCUT2D eigenvalue weighted by Crippen LogP contribution is 2.23. The highest BCUT2D eigenvalue weighted by Gasteiger charge is 2.18. The second kappa shape index (κ2) is 8.17. The van der Waals surface area contributed by atoms with Crippen molar-refractivity contribution < 1.29 is 9.50 Å². The third-order valence-electron chi connectivity index (χ3n) is 4.23. The molecule has 0 unspecified atom stereocenters. The standard InChI is InChI=1S/C18H24FNO/c1-20(17-8-4-2-3-5-9-17)14-16-11-10-15(7-6-12-21)13-18(16)19/h10-11,13,17,21H,2-5,8-9,12,14H2,1H3. The molecular formula is C18H24FNO. The van der Waals surface area contributed by atoms with Crippen LogP contribution in [0.4, 0.5) is 4.39 Å². The Labute approximate surface area is 127 Å². The molecule has 1 aromatic rings. The van der Waals surface area contributed by atoms with Crippen molar-refractivity contribution in [2.75, 3.05) is 13.7 Å². The highest BCUT2D eigenvalue weighted by atomic mass is 19.1. The van der Waals surface area contributed by atoms with Crippen LogP contribution in [0.3, 0.4) is 0 Å². The quantitative estimate of drug-likeness (QED) is 0.681. The van der Waals surface area contributed by atoms with Crippen LogP contribution in [0.1, 0.15) is 49.7 Å². The summed E-state index contributed by atoms with van der Waals surface area (Å²) in [4.78, 5) is 2.28. The molecule has 0 atom stereocenters. The zero-order chi connectivity index (χ0) is 15.1. The lowest BCUT2D eigenvalue weighted by Crippen LogP contribution is -2.31. The first-order chi connectivity index (χ1) is 10.2. The largest absolute Gasteiger partial charge is 0.384 e. The minimum Gasteiger partial charge on any atom is -0.384 e. The predicted molar refractivity (Wildman–Crippen MR) is 83.3 cm³/mol. The summed E-state index contributed by atoms with van der Waals surface area (Å²) in [7, 11) is 2.09. The normalized spacial score (nSPS) is 16.4. The van der Waals surface area contributed by atoms with E-state index >= 15 is 0 Å². The first-order valence-corrected chi connectivity index (χ1v) is 7.79. The summed E-state index contributed by atoms with van der Waals surface area (Å²) in [5.74, 6) is 5.06. The van der Waals surface area contributed by atoms with E-state index < -0.39 is 0 Å². The molecule has 1 aromatic carbocycles. The van der Waals surface area contributed by atoms with Crippen molar-refractivity contribution in [3.63, 3.8) is 0 Å². The first kappa shape index (κ1) is 16.0. The van der Waals surface area contributed by atoms with E-state index in [-0.39, 0.29) is 12.4 Å². The van der Waals surface area contributed by atoms with Crippen molar-refractivity contribution in [2.24, 2.45) is 0 Å². The smallest absolute Gasteiger partial charge is 0.128 e. The molecule has 2 nitrogen and oxygen atoms in total. The van der Waals surface area contributed by atoms with Gasteiger partial charge in [0.05, 0.1) is 0 Å². The van der Waals surface area contributed by atoms with Gasteiger partial charge < -0.3 is 5.11 Å². The van der Waals surface area contributed by atoms with E-state index in [4.69, 9.17) is 5.11 Å². The minimum atomic E-state index is -0.208. The van der Waals surface area contributed by atoms with Gasteiger partial charge >= 0.3 is 0 Å². The van der Waals surface area contributed by atoms with E-state index in [1.807, 2.05) is 12.1 Å². The van der Waals surface area contributed by atoms with E-state index in [0.717, 1.165) is 5.56 Å². The number of halogens is 1. The van der Waals surface area contributed by atoms with Crippen LogP contribution in [0.2, 0.25) is 0 Å². The van der Waals surface area contributed by atoms with Gasteiger partial charge in [-0.2, -0.15) is 0 Å². The Morgan fingerprint density at radius 1 is 1.24 bits per heavy atom. The molecule has 0 heterocycles. The molecule has 2 rings (SSSR count). The molecule has 1 aliphatic carbocycles. The van der Waals surface area contributed by atoms with Gasteiger partial charge in [-0.3, -0.25) is 4.90 Å². The molecule has 0 aromatic heterocycles. The molecule has 21 heavy (non-hydrogen) atoms. The Balaban J connectivity index is 2.01. The van der Waals surface area contributed by atoms with Gasteiger partial charge in [-0.05, 0) is 32.0 Å². The fraction of sp³-hybridized carbons (Fsp3) is 0.556. The maximum absolute atomic E-state index is 14.1. The molecule has 0 saturated heterocycles. The van der Waals surface area contributed by atoms with Gasteiger partial charge in [-0.15, -0.1) is 0 Å². The Morgan fingerprint density at radius 3 is 2.57 bits per heavy atom. The van der Waals surface area contributed by atoms with Gasteiger partial charge in [0.15, 0.2) is 0 Å². The molecule has 0 amide bonds. The molecule has 0 spiro atoms. The SMILES string of the molecule is CN(Cc1ccc(C#CCO)cc1F)C1CCCCCC1. The lowest BCUT2D eigenvalue weighted by Gasteiger charge is -2.27. The molecule has 0 radical (unpaired) electrons. The predicted octanol–water partition coefficient (Wildman–Crippen LogP) is 3.32. The summed E-state index contributed by atoms with van der Waals surface area (Å²) in [5.41, 5.74) is 1.33. The molecule has 0 bridgehead atoms. The van der Waals surface area contributed by atoms with Crippen LogP contribution >= 0.6 is 0 Å².